The molecule has 0 aliphatic rings. The van der Waals surface area contributed by atoms with Gasteiger partial charge in [-0.05, 0) is 29.3 Å². The molecule has 2 aromatic heterocycles. The fourth-order valence-electron chi connectivity index (χ4n) is 4.82. The number of hydrogen-bond acceptors (Lipinski definition) is 3. The largest absolute Gasteiger partial charge is 0.228 e. The average molecular weight is 465 g/mol. The van der Waals surface area contributed by atoms with E-state index < -0.39 is 0 Å². The molecule has 0 N–H and O–H groups in total. The molecule has 0 unspecified atom stereocenters. The van der Waals surface area contributed by atoms with E-state index in [4.69, 9.17) is 9.97 Å². The molecule has 2 heterocycles. The van der Waals surface area contributed by atoms with Crippen molar-refractivity contribution in [1.29, 1.82) is 0 Å². The lowest BCUT2D eigenvalue weighted by Gasteiger charge is -2.11. The van der Waals surface area contributed by atoms with Crippen LogP contribution in [-0.4, -0.2) is 9.97 Å². The number of benzene rings is 5. The van der Waals surface area contributed by atoms with Crippen molar-refractivity contribution in [2.24, 2.45) is 0 Å². The van der Waals surface area contributed by atoms with Crippen molar-refractivity contribution in [3.8, 4) is 33.8 Å². The predicted molar refractivity (Wildman–Crippen MR) is 149 cm³/mol. The van der Waals surface area contributed by atoms with Crippen molar-refractivity contribution in [3.63, 3.8) is 0 Å². The first-order valence-corrected chi connectivity index (χ1v) is 12.5. The summed E-state index contributed by atoms with van der Waals surface area (Å²) in [5.74, 6) is 0.743. The molecule has 35 heavy (non-hydrogen) atoms. The second-order valence-electron chi connectivity index (χ2n) is 8.64. The van der Waals surface area contributed by atoms with Gasteiger partial charge in [-0.2, -0.15) is 0 Å². The Labute approximate surface area is 207 Å². The Morgan fingerprint density at radius 2 is 1.17 bits per heavy atom. The quantitative estimate of drug-likeness (QED) is 0.261. The summed E-state index contributed by atoms with van der Waals surface area (Å²) in [6.07, 6.45) is 0. The molecule has 0 bridgehead atoms. The smallest absolute Gasteiger partial charge is 0.160 e. The fourth-order valence-corrected chi connectivity index (χ4v) is 6.06. The van der Waals surface area contributed by atoms with E-state index in [0.717, 1.165) is 33.5 Å². The van der Waals surface area contributed by atoms with E-state index in [1.807, 2.05) is 29.5 Å². The Morgan fingerprint density at radius 1 is 0.486 bits per heavy atom. The second-order valence-corrected chi connectivity index (χ2v) is 9.69. The molecule has 7 aromatic rings. The molecule has 0 aliphatic carbocycles. The first-order chi connectivity index (χ1) is 17.3. The minimum atomic E-state index is 0.743. The Bertz CT molecular complexity index is 1850. The van der Waals surface area contributed by atoms with Gasteiger partial charge in [0.15, 0.2) is 5.82 Å². The van der Waals surface area contributed by atoms with Gasteiger partial charge < -0.3 is 0 Å². The van der Waals surface area contributed by atoms with Crippen molar-refractivity contribution in [2.45, 2.75) is 0 Å². The van der Waals surface area contributed by atoms with Crippen LogP contribution in [0.15, 0.2) is 121 Å². The Hall–Kier alpha value is -4.34. The van der Waals surface area contributed by atoms with E-state index in [0.29, 0.717) is 0 Å². The molecule has 0 fully saturated rings. The van der Waals surface area contributed by atoms with Crippen molar-refractivity contribution >= 4 is 42.4 Å². The highest BCUT2D eigenvalue weighted by atomic mass is 32.1. The van der Waals surface area contributed by atoms with Gasteiger partial charge in [0, 0.05) is 36.7 Å². The van der Waals surface area contributed by atoms with Crippen LogP contribution in [0.1, 0.15) is 0 Å². The van der Waals surface area contributed by atoms with E-state index in [9.17, 15) is 0 Å². The summed E-state index contributed by atoms with van der Waals surface area (Å²) in [7, 11) is 0. The topological polar surface area (TPSA) is 25.8 Å². The molecule has 164 valence electrons. The van der Waals surface area contributed by atoms with Crippen LogP contribution in [-0.2, 0) is 0 Å². The van der Waals surface area contributed by atoms with Crippen LogP contribution in [0.4, 0.5) is 0 Å². The SMILES string of the molecule is c1ccc(-c2nc(-c3cccc(-c4cccc5c4sc4ccccc45)c3)nc3ccccc23)cc1. The van der Waals surface area contributed by atoms with Crippen LogP contribution in [0.3, 0.4) is 0 Å². The molecule has 7 rings (SSSR count). The summed E-state index contributed by atoms with van der Waals surface area (Å²) in [6, 6.07) is 42.4. The van der Waals surface area contributed by atoms with Gasteiger partial charge in [0.05, 0.1) is 11.2 Å². The molecular weight excluding hydrogens is 444 g/mol. The van der Waals surface area contributed by atoms with E-state index >= 15 is 0 Å². The van der Waals surface area contributed by atoms with E-state index in [-0.39, 0.29) is 0 Å². The van der Waals surface area contributed by atoms with Crippen molar-refractivity contribution in [1.82, 2.24) is 9.97 Å². The Morgan fingerprint density at radius 3 is 2.09 bits per heavy atom. The highest BCUT2D eigenvalue weighted by molar-refractivity contribution is 7.26. The van der Waals surface area contributed by atoms with Crippen LogP contribution < -0.4 is 0 Å². The van der Waals surface area contributed by atoms with Gasteiger partial charge in [0.2, 0.25) is 0 Å². The molecule has 0 saturated carbocycles. The summed E-state index contributed by atoms with van der Waals surface area (Å²) in [6.45, 7) is 0. The van der Waals surface area contributed by atoms with Crippen molar-refractivity contribution < 1.29 is 0 Å². The van der Waals surface area contributed by atoms with Crippen LogP contribution >= 0.6 is 11.3 Å². The molecule has 0 saturated heterocycles. The summed E-state index contributed by atoms with van der Waals surface area (Å²) in [5.41, 5.74) is 6.45. The van der Waals surface area contributed by atoms with Gasteiger partial charge in [-0.1, -0.05) is 103 Å². The van der Waals surface area contributed by atoms with Gasteiger partial charge in [0.25, 0.3) is 0 Å². The lowest BCUT2D eigenvalue weighted by molar-refractivity contribution is 1.23. The maximum absolute atomic E-state index is 5.06. The highest BCUT2D eigenvalue weighted by Gasteiger charge is 2.14. The van der Waals surface area contributed by atoms with Gasteiger partial charge in [-0.3, -0.25) is 0 Å². The Balaban J connectivity index is 1.42. The third-order valence-electron chi connectivity index (χ3n) is 6.49. The summed E-state index contributed by atoms with van der Waals surface area (Å²) >= 11 is 1.86. The minimum Gasteiger partial charge on any atom is -0.228 e. The number of para-hydroxylation sites is 1. The number of hydrogen-bond donors (Lipinski definition) is 0. The molecule has 0 atom stereocenters. The number of thiophene rings is 1. The third kappa shape index (κ3) is 3.40. The van der Waals surface area contributed by atoms with E-state index in [1.54, 1.807) is 0 Å². The number of nitrogens with zero attached hydrogens (tertiary/aromatic N) is 2. The number of aromatic nitrogens is 2. The Kier molecular flexibility index (Phi) is 4.68. The zero-order valence-electron chi connectivity index (χ0n) is 18.8. The number of rotatable bonds is 3. The normalized spacial score (nSPS) is 11.4. The summed E-state index contributed by atoms with van der Waals surface area (Å²) < 4.78 is 2.63. The number of fused-ring (bicyclic) bond motifs is 4. The lowest BCUT2D eigenvalue weighted by Crippen LogP contribution is -1.95. The molecule has 0 radical (unpaired) electrons. The lowest BCUT2D eigenvalue weighted by atomic mass is 10.00. The maximum Gasteiger partial charge on any atom is 0.160 e. The zero-order valence-corrected chi connectivity index (χ0v) is 19.7. The molecule has 5 aromatic carbocycles. The molecule has 0 aliphatic heterocycles. The predicted octanol–water partition coefficient (Wildman–Crippen LogP) is 9.00. The van der Waals surface area contributed by atoms with Gasteiger partial charge in [0.1, 0.15) is 0 Å². The van der Waals surface area contributed by atoms with Gasteiger partial charge in [-0.25, -0.2) is 9.97 Å². The molecule has 3 heteroatoms. The highest BCUT2D eigenvalue weighted by Crippen LogP contribution is 2.40. The molecule has 0 spiro atoms. The third-order valence-corrected chi connectivity index (χ3v) is 7.71. The molecular formula is C32H20N2S. The second kappa shape index (κ2) is 8.15. The van der Waals surface area contributed by atoms with Crippen molar-refractivity contribution in [2.75, 3.05) is 0 Å². The summed E-state index contributed by atoms with van der Waals surface area (Å²) in [4.78, 5) is 10.0. The molecule has 0 amide bonds. The van der Waals surface area contributed by atoms with Crippen LogP contribution in [0, 0.1) is 0 Å². The first-order valence-electron chi connectivity index (χ1n) is 11.7. The fraction of sp³-hybridized carbons (Fsp3) is 0. The zero-order chi connectivity index (χ0) is 23.2. The summed E-state index contributed by atoms with van der Waals surface area (Å²) in [5, 5.41) is 3.69. The minimum absolute atomic E-state index is 0.743. The van der Waals surface area contributed by atoms with Crippen LogP contribution in [0.2, 0.25) is 0 Å². The van der Waals surface area contributed by atoms with E-state index in [1.165, 1.54) is 31.3 Å². The average Bonchev–Trinajstić information content (AvgIpc) is 3.32. The van der Waals surface area contributed by atoms with Crippen molar-refractivity contribution in [3.05, 3.63) is 121 Å². The van der Waals surface area contributed by atoms with Crippen LogP contribution in [0.5, 0.6) is 0 Å². The van der Waals surface area contributed by atoms with E-state index in [2.05, 4.69) is 103 Å². The van der Waals surface area contributed by atoms with Crippen LogP contribution in [0.25, 0.3) is 64.8 Å². The maximum atomic E-state index is 5.06. The first kappa shape index (κ1) is 20.1. The molecule has 2 nitrogen and oxygen atoms in total. The monoisotopic (exact) mass is 464 g/mol. The standard InChI is InChI=1S/C32H20N2S/c1-2-10-21(11-3-1)30-27-15-4-6-18-28(27)33-32(34-30)23-13-8-12-22(20-23)24-16-9-17-26-25-14-5-7-19-29(25)35-31(24)26/h1-20H. The van der Waals surface area contributed by atoms with Gasteiger partial charge >= 0.3 is 0 Å². The van der Waals surface area contributed by atoms with Gasteiger partial charge in [-0.15, -0.1) is 11.3 Å².